The van der Waals surface area contributed by atoms with Crippen LogP contribution in [0, 0.1) is 0 Å². The number of nitrogens with zero attached hydrogens (tertiary/aromatic N) is 3. The maximum absolute atomic E-state index is 13.4. The quantitative estimate of drug-likeness (QED) is 0.00575. The molecule has 6 amide bonds. The number of rotatable bonds is 39. The summed E-state index contributed by atoms with van der Waals surface area (Å²) in [5, 5.41) is 54.9. The molecular weight excluding hydrogens is 1260 g/mol. The molecule has 2 heterocycles. The number of carbonyl (C=O) groups is 7. The Morgan fingerprint density at radius 1 is 0.598 bits per heavy atom. The van der Waals surface area contributed by atoms with E-state index in [1.165, 1.54) is 51.9 Å². The minimum absolute atomic E-state index is 0.00248. The molecule has 2 atom stereocenters. The van der Waals surface area contributed by atoms with E-state index in [1.54, 1.807) is 48.5 Å². The zero-order chi connectivity index (χ0) is 65.9. The van der Waals surface area contributed by atoms with Crippen LogP contribution in [0.15, 0.2) is 113 Å². The molecule has 5 aromatic carbocycles. The van der Waals surface area contributed by atoms with Gasteiger partial charge >= 0.3 is 12.8 Å². The molecule has 92 heavy (non-hydrogen) atoms. The first-order valence-corrected chi connectivity index (χ1v) is 36.2. The molecule has 2 aliphatic rings. The fraction of sp³-hybridized carbons (Fsp3) is 0.422. The molecule has 0 radical (unpaired) electrons. The van der Waals surface area contributed by atoms with Gasteiger partial charge in [0.05, 0.1) is 23.5 Å². The highest BCUT2D eigenvalue weighted by Gasteiger charge is 2.54. The Labute approximate surface area is 546 Å². The number of aliphatic hydroxyl groups excluding tert-OH is 1. The van der Waals surface area contributed by atoms with Crippen LogP contribution in [0.25, 0.3) is 0 Å². The second-order valence-electron chi connectivity index (χ2n) is 21.8. The molecule has 24 nitrogen and oxygen atoms in total. The number of amides is 6. The monoisotopic (exact) mass is 1340 g/mol. The minimum atomic E-state index is -4.13. The van der Waals surface area contributed by atoms with E-state index in [-0.39, 0.29) is 115 Å². The molecule has 2 unspecified atom stereocenters. The third-order valence-corrected chi connectivity index (χ3v) is 20.2. The van der Waals surface area contributed by atoms with Gasteiger partial charge in [-0.15, -0.1) is 0 Å². The zero-order valence-corrected chi connectivity index (χ0v) is 54.8. The molecule has 0 aliphatic carbocycles. The molecule has 0 aromatic heterocycles. The summed E-state index contributed by atoms with van der Waals surface area (Å²) in [4.78, 5) is 103. The van der Waals surface area contributed by atoms with Crippen molar-refractivity contribution in [2.75, 3.05) is 82.2 Å². The highest BCUT2D eigenvalue weighted by Crippen LogP contribution is 2.57. The fourth-order valence-electron chi connectivity index (χ4n) is 9.89. The SMILES string of the molecule is CN(C)c1ccc(N=Nc2ccc(C(=O)NCCSSCCC(=O)NC(CCCCNC(=O)CCSP(=O)(O)OCCNC(=O)CCCCCNC(=O)c3ccc4c(c3)C(=O)OC43c4ccc(O)cc4Oc4cc(O)ccc43)C(=O)NCCCCCCO)cc2)cc1. The summed E-state index contributed by atoms with van der Waals surface area (Å²) in [6, 6.07) is 27.3. The number of hydrogen-bond donors (Lipinski definition) is 10. The van der Waals surface area contributed by atoms with E-state index in [4.69, 9.17) is 19.1 Å². The number of anilines is 1. The lowest BCUT2D eigenvalue weighted by molar-refractivity contribution is -0.129. The molecule has 10 N–H and O–H groups in total. The predicted octanol–water partition coefficient (Wildman–Crippen LogP) is 9.44. The molecule has 0 saturated carbocycles. The van der Waals surface area contributed by atoms with Crippen LogP contribution in [-0.4, -0.2) is 145 Å². The van der Waals surface area contributed by atoms with E-state index in [1.807, 2.05) is 43.3 Å². The van der Waals surface area contributed by atoms with Crippen LogP contribution >= 0.6 is 39.8 Å². The van der Waals surface area contributed by atoms with E-state index in [0.29, 0.717) is 121 Å². The van der Waals surface area contributed by atoms with Crippen molar-refractivity contribution in [3.05, 3.63) is 137 Å². The lowest BCUT2D eigenvalue weighted by Gasteiger charge is -2.36. The number of benzene rings is 5. The number of ether oxygens (including phenoxy) is 2. The van der Waals surface area contributed by atoms with Crippen LogP contribution in [0.5, 0.6) is 23.0 Å². The Morgan fingerprint density at radius 2 is 1.15 bits per heavy atom. The number of phenols is 2. The van der Waals surface area contributed by atoms with Gasteiger partial charge in [-0.05, 0) is 141 Å². The normalized spacial score (nSPS) is 13.5. The largest absolute Gasteiger partial charge is 0.508 e. The van der Waals surface area contributed by atoms with Gasteiger partial charge in [-0.1, -0.05) is 46.9 Å². The van der Waals surface area contributed by atoms with Crippen molar-refractivity contribution in [3.63, 3.8) is 0 Å². The molecular formula is C64H80N9O15PS3. The van der Waals surface area contributed by atoms with Crippen molar-refractivity contribution in [1.82, 2.24) is 31.9 Å². The lowest BCUT2D eigenvalue weighted by Crippen LogP contribution is -2.47. The number of fused-ring (bicyclic) bond motifs is 6. The summed E-state index contributed by atoms with van der Waals surface area (Å²) in [5.41, 5.74) is 3.23. The van der Waals surface area contributed by atoms with Crippen LogP contribution in [-0.2, 0) is 38.6 Å². The molecule has 494 valence electrons. The number of unbranched alkanes of at least 4 members (excludes halogenated alkanes) is 6. The molecule has 1 spiro atoms. The molecule has 2 aliphatic heterocycles. The number of aliphatic hydroxyl groups is 1. The fourth-order valence-corrected chi connectivity index (χ4v) is 14.1. The second kappa shape index (κ2) is 36.6. The van der Waals surface area contributed by atoms with Crippen LogP contribution in [0.2, 0.25) is 0 Å². The van der Waals surface area contributed by atoms with Crippen LogP contribution in [0.1, 0.15) is 131 Å². The average Bonchev–Trinajstić information content (AvgIpc) is 1.46. The van der Waals surface area contributed by atoms with E-state index in [2.05, 4.69) is 42.1 Å². The van der Waals surface area contributed by atoms with Crippen molar-refractivity contribution in [1.29, 1.82) is 0 Å². The van der Waals surface area contributed by atoms with Gasteiger partial charge < -0.3 is 66.5 Å². The first-order chi connectivity index (χ1) is 44.3. The van der Waals surface area contributed by atoms with Gasteiger partial charge in [-0.2, -0.15) is 10.2 Å². The Balaban J connectivity index is 0.705. The first kappa shape index (κ1) is 71.8. The number of esters is 1. The van der Waals surface area contributed by atoms with E-state index in [0.717, 1.165) is 24.9 Å². The summed E-state index contributed by atoms with van der Waals surface area (Å²) in [6.45, 7) is -2.84. The number of aromatic hydroxyl groups is 2. The smallest absolute Gasteiger partial charge is 0.386 e. The Bertz CT molecular complexity index is 3370. The molecule has 0 fully saturated rings. The van der Waals surface area contributed by atoms with Gasteiger partial charge in [0.1, 0.15) is 29.0 Å². The second-order valence-corrected chi connectivity index (χ2v) is 28.5. The van der Waals surface area contributed by atoms with Gasteiger partial charge in [0.2, 0.25) is 23.6 Å². The Kier molecular flexibility index (Phi) is 28.5. The maximum Gasteiger partial charge on any atom is 0.386 e. The minimum Gasteiger partial charge on any atom is -0.508 e. The van der Waals surface area contributed by atoms with E-state index < -0.39 is 30.3 Å². The Morgan fingerprint density at radius 3 is 1.84 bits per heavy atom. The van der Waals surface area contributed by atoms with Gasteiger partial charge in [0, 0.05) is 136 Å². The van der Waals surface area contributed by atoms with Gasteiger partial charge in [0.25, 0.3) is 11.8 Å². The summed E-state index contributed by atoms with van der Waals surface area (Å²) < 4.78 is 29.8. The lowest BCUT2D eigenvalue weighted by atomic mass is 9.77. The van der Waals surface area contributed by atoms with Crippen molar-refractivity contribution in [2.45, 2.75) is 95.1 Å². The van der Waals surface area contributed by atoms with Gasteiger partial charge in [-0.3, -0.25) is 33.3 Å². The highest BCUT2D eigenvalue weighted by atomic mass is 33.1. The van der Waals surface area contributed by atoms with Crippen molar-refractivity contribution < 1.29 is 72.3 Å². The maximum atomic E-state index is 13.4. The van der Waals surface area contributed by atoms with E-state index in [9.17, 15) is 53.2 Å². The van der Waals surface area contributed by atoms with E-state index >= 15 is 0 Å². The summed E-state index contributed by atoms with van der Waals surface area (Å²) in [7, 11) is 6.93. The van der Waals surface area contributed by atoms with Crippen molar-refractivity contribution >= 4 is 98.2 Å². The van der Waals surface area contributed by atoms with Crippen molar-refractivity contribution in [3.8, 4) is 23.0 Å². The van der Waals surface area contributed by atoms with Crippen LogP contribution < -0.4 is 41.5 Å². The third-order valence-electron chi connectivity index (χ3n) is 14.7. The molecule has 0 bridgehead atoms. The van der Waals surface area contributed by atoms with Crippen LogP contribution in [0.4, 0.5) is 17.1 Å². The molecule has 7 rings (SSSR count). The molecule has 5 aromatic rings. The molecule has 28 heteroatoms. The van der Waals surface area contributed by atoms with Gasteiger partial charge in [-0.25, -0.2) is 9.36 Å². The Hall–Kier alpha value is -7.65. The summed E-state index contributed by atoms with van der Waals surface area (Å²) in [5.74, 6) is -1.08. The highest BCUT2D eigenvalue weighted by molar-refractivity contribution is 8.76. The summed E-state index contributed by atoms with van der Waals surface area (Å²) in [6.07, 6.45) is 6.40. The van der Waals surface area contributed by atoms with Gasteiger partial charge in [0.15, 0.2) is 5.60 Å². The topological polar surface area (TPSA) is 345 Å². The number of hydrogen-bond acceptors (Lipinski definition) is 20. The number of carbonyl (C=O) groups excluding carboxylic acids is 7. The predicted molar refractivity (Wildman–Crippen MR) is 355 cm³/mol. The standard InChI is InChI=1S/C64H80N9O15PS3/c1-73(2)47-21-19-46(20-22-47)72-71-45-17-14-43(15-18-45)60(80)69-34-39-92-91-38-29-59(79)70-54(62(82)68-32-8-3-4-11-35-74)12-7-10-30-65-58(78)28-37-90-89(84,85)86-36-33-66-57(77)13-6-5-9-31-67-61(81)44-16-25-51-50(40-44)63(83)88-64(51)52-26-23-48(75)41-55(52)87-56-42-49(76)24-27-53(56)64/h14-27,40-42,54,74-76H,3-13,28-39H2,1-2H3,(H,65,78)(H,66,77)(H,67,81)(H,68,82)(H,69,80)(H,70,79)(H,84,85). The molecule has 0 saturated heterocycles. The number of azo groups is 1. The van der Waals surface area contributed by atoms with Crippen LogP contribution in [0.3, 0.4) is 0 Å². The zero-order valence-electron chi connectivity index (χ0n) is 51.4. The number of nitrogens with one attached hydrogen (secondary N) is 6. The first-order valence-electron chi connectivity index (χ1n) is 30.5. The average molecular weight is 1340 g/mol. The van der Waals surface area contributed by atoms with Crippen molar-refractivity contribution in [2.24, 2.45) is 10.2 Å². The summed E-state index contributed by atoms with van der Waals surface area (Å²) >= 11 is 0.602. The third kappa shape index (κ3) is 22.0. The number of phenolic OH excluding ortho intramolecular Hbond substituents is 2.